The van der Waals surface area contributed by atoms with E-state index in [0.717, 1.165) is 5.56 Å². The van der Waals surface area contributed by atoms with Gasteiger partial charge in [0.1, 0.15) is 11.8 Å². The molecule has 0 aliphatic heterocycles. The summed E-state index contributed by atoms with van der Waals surface area (Å²) in [6, 6.07) is 16.4. The Hall–Kier alpha value is -3.33. The second-order valence-corrected chi connectivity index (χ2v) is 4.84. The quantitative estimate of drug-likeness (QED) is 0.651. The Morgan fingerprint density at radius 3 is 2.61 bits per heavy atom. The van der Waals surface area contributed by atoms with Gasteiger partial charge >= 0.3 is 0 Å². The number of benzene rings is 2. The van der Waals surface area contributed by atoms with Crippen molar-refractivity contribution in [1.29, 1.82) is 10.7 Å². The predicted octanol–water partition coefficient (Wildman–Crippen LogP) is 3.63. The highest BCUT2D eigenvalue weighted by Crippen LogP contribution is 2.15. The highest BCUT2D eigenvalue weighted by atomic mass is 16.2. The molecule has 23 heavy (non-hydrogen) atoms. The lowest BCUT2D eigenvalue weighted by molar-refractivity contribution is -0.116. The lowest BCUT2D eigenvalue weighted by Crippen LogP contribution is -2.32. The lowest BCUT2D eigenvalue weighted by atomic mass is 10.2. The van der Waals surface area contributed by atoms with Crippen LogP contribution in [-0.2, 0) is 4.79 Å². The molecule has 0 saturated carbocycles. The molecular weight excluding hydrogens is 290 g/mol. The topological polar surface area (TPSA) is 101 Å². The minimum atomic E-state index is -1.28. The molecule has 1 amide bonds. The molecule has 0 aromatic heterocycles. The molecule has 2 aromatic carbocycles. The number of amides is 1. The molecule has 2 rings (SSSR count). The number of azo groups is 1. The molecular formula is C17H15N5O. The zero-order valence-electron chi connectivity index (χ0n) is 12.5. The van der Waals surface area contributed by atoms with Crippen LogP contribution in [0.5, 0.6) is 0 Å². The summed E-state index contributed by atoms with van der Waals surface area (Å²) in [5.41, 5.74) is 1.67. The number of carbonyl (C=O) groups excluding carboxylic acids is 1. The van der Waals surface area contributed by atoms with E-state index < -0.39 is 17.7 Å². The van der Waals surface area contributed by atoms with Gasteiger partial charge in [0.25, 0.3) is 5.91 Å². The largest absolute Gasteiger partial charge is 0.324 e. The number of nitrogens with one attached hydrogen (secondary N) is 2. The Labute approximate surface area is 134 Å². The van der Waals surface area contributed by atoms with E-state index in [0.29, 0.717) is 11.4 Å². The number of nitriles is 1. The predicted molar refractivity (Wildman–Crippen MR) is 87.9 cm³/mol. The maximum absolute atomic E-state index is 12.2. The van der Waals surface area contributed by atoms with Crippen molar-refractivity contribution in [2.75, 3.05) is 5.32 Å². The standard InChI is InChI=1S/C17H15N5O/c1-12-6-5-9-14(10-12)21-22-16(15(19)11-18)17(23)20-13-7-3-2-4-8-13/h2-10,16,19H,1H3,(H,20,23). The fraction of sp³-hybridized carbons (Fsp3) is 0.118. The number of aryl methyl sites for hydroxylation is 1. The van der Waals surface area contributed by atoms with Crippen molar-refractivity contribution in [3.8, 4) is 6.07 Å². The summed E-state index contributed by atoms with van der Waals surface area (Å²) >= 11 is 0. The fourth-order valence-electron chi connectivity index (χ4n) is 1.85. The van der Waals surface area contributed by atoms with E-state index in [4.69, 9.17) is 10.7 Å². The van der Waals surface area contributed by atoms with Crippen molar-refractivity contribution in [2.45, 2.75) is 13.0 Å². The maximum atomic E-state index is 12.2. The number of anilines is 1. The van der Waals surface area contributed by atoms with E-state index in [1.807, 2.05) is 25.1 Å². The fourth-order valence-corrected chi connectivity index (χ4v) is 1.85. The molecule has 0 aliphatic rings. The molecule has 0 fully saturated rings. The van der Waals surface area contributed by atoms with Crippen LogP contribution in [0.4, 0.5) is 11.4 Å². The van der Waals surface area contributed by atoms with Crippen LogP contribution in [0.3, 0.4) is 0 Å². The lowest BCUT2D eigenvalue weighted by Gasteiger charge is -2.09. The van der Waals surface area contributed by atoms with E-state index in [-0.39, 0.29) is 0 Å². The summed E-state index contributed by atoms with van der Waals surface area (Å²) in [4.78, 5) is 12.2. The van der Waals surface area contributed by atoms with Gasteiger partial charge in [-0.2, -0.15) is 15.5 Å². The van der Waals surface area contributed by atoms with Crippen molar-refractivity contribution >= 4 is 23.0 Å². The van der Waals surface area contributed by atoms with Gasteiger partial charge in [-0.25, -0.2) is 0 Å². The Bertz CT molecular complexity index is 777. The summed E-state index contributed by atoms with van der Waals surface area (Å²) in [5.74, 6) is -0.570. The van der Waals surface area contributed by atoms with Gasteiger partial charge in [0.15, 0.2) is 0 Å². The summed E-state index contributed by atoms with van der Waals surface area (Å²) in [6.45, 7) is 1.91. The Morgan fingerprint density at radius 2 is 1.96 bits per heavy atom. The zero-order valence-corrected chi connectivity index (χ0v) is 12.5. The van der Waals surface area contributed by atoms with Gasteiger partial charge in [-0.3, -0.25) is 10.2 Å². The Morgan fingerprint density at radius 1 is 1.22 bits per heavy atom. The first-order valence-corrected chi connectivity index (χ1v) is 6.92. The monoisotopic (exact) mass is 305 g/mol. The van der Waals surface area contributed by atoms with Crippen LogP contribution in [-0.4, -0.2) is 17.7 Å². The van der Waals surface area contributed by atoms with Gasteiger partial charge in [0.05, 0.1) is 5.69 Å². The van der Waals surface area contributed by atoms with Gasteiger partial charge in [-0.05, 0) is 36.8 Å². The molecule has 0 bridgehead atoms. The first kappa shape index (κ1) is 16.0. The van der Waals surface area contributed by atoms with Crippen LogP contribution in [0.25, 0.3) is 0 Å². The first-order valence-electron chi connectivity index (χ1n) is 6.92. The van der Waals surface area contributed by atoms with Gasteiger partial charge < -0.3 is 5.32 Å². The van der Waals surface area contributed by atoms with Crippen LogP contribution in [0.15, 0.2) is 64.8 Å². The normalized spacial score (nSPS) is 11.7. The number of nitrogens with zero attached hydrogens (tertiary/aromatic N) is 3. The Kier molecular flexibility index (Phi) is 5.31. The molecule has 1 unspecified atom stereocenters. The van der Waals surface area contributed by atoms with E-state index in [9.17, 15) is 4.79 Å². The number of para-hydroxylation sites is 1. The van der Waals surface area contributed by atoms with Crippen molar-refractivity contribution < 1.29 is 4.79 Å². The van der Waals surface area contributed by atoms with E-state index in [1.54, 1.807) is 42.5 Å². The molecule has 6 heteroatoms. The third kappa shape index (κ3) is 4.58. The first-order chi connectivity index (χ1) is 11.1. The number of carbonyl (C=O) groups is 1. The van der Waals surface area contributed by atoms with Crippen LogP contribution in [0.1, 0.15) is 5.56 Å². The third-order valence-electron chi connectivity index (χ3n) is 2.97. The molecule has 0 spiro atoms. The second kappa shape index (κ2) is 7.61. The number of hydrogen-bond acceptors (Lipinski definition) is 5. The molecule has 114 valence electrons. The number of hydrogen-bond donors (Lipinski definition) is 2. The minimum Gasteiger partial charge on any atom is -0.324 e. The minimum absolute atomic E-state index is 0.463. The molecule has 0 saturated heterocycles. The maximum Gasteiger partial charge on any atom is 0.258 e. The van der Waals surface area contributed by atoms with Gasteiger partial charge in [0.2, 0.25) is 6.04 Å². The van der Waals surface area contributed by atoms with Crippen molar-refractivity contribution in [1.82, 2.24) is 0 Å². The zero-order chi connectivity index (χ0) is 16.7. The van der Waals surface area contributed by atoms with E-state index >= 15 is 0 Å². The summed E-state index contributed by atoms with van der Waals surface area (Å²) in [5, 5.41) is 27.0. The second-order valence-electron chi connectivity index (χ2n) is 4.84. The molecule has 2 N–H and O–H groups in total. The SMILES string of the molecule is Cc1cccc(N=NC(C(=N)C#N)C(=O)Nc2ccccc2)c1. The summed E-state index contributed by atoms with van der Waals surface area (Å²) in [7, 11) is 0. The molecule has 2 aromatic rings. The molecule has 0 heterocycles. The highest BCUT2D eigenvalue weighted by molar-refractivity contribution is 6.17. The van der Waals surface area contributed by atoms with Gasteiger partial charge in [-0.15, -0.1) is 0 Å². The average molecular weight is 305 g/mol. The molecule has 0 radical (unpaired) electrons. The highest BCUT2D eigenvalue weighted by Gasteiger charge is 2.23. The van der Waals surface area contributed by atoms with Crippen LogP contribution in [0, 0.1) is 23.7 Å². The van der Waals surface area contributed by atoms with Gasteiger partial charge in [-0.1, -0.05) is 30.3 Å². The van der Waals surface area contributed by atoms with Crippen LogP contribution >= 0.6 is 0 Å². The Balaban J connectivity index is 2.18. The van der Waals surface area contributed by atoms with Crippen molar-refractivity contribution in [3.63, 3.8) is 0 Å². The van der Waals surface area contributed by atoms with E-state index in [2.05, 4.69) is 15.5 Å². The molecule has 6 nitrogen and oxygen atoms in total. The third-order valence-corrected chi connectivity index (χ3v) is 2.97. The average Bonchev–Trinajstić information content (AvgIpc) is 2.55. The summed E-state index contributed by atoms with van der Waals surface area (Å²) < 4.78 is 0. The number of rotatable bonds is 5. The van der Waals surface area contributed by atoms with Crippen molar-refractivity contribution in [3.05, 3.63) is 60.2 Å². The van der Waals surface area contributed by atoms with Crippen LogP contribution in [0.2, 0.25) is 0 Å². The van der Waals surface area contributed by atoms with Crippen LogP contribution < -0.4 is 5.32 Å². The smallest absolute Gasteiger partial charge is 0.258 e. The van der Waals surface area contributed by atoms with E-state index in [1.165, 1.54) is 0 Å². The molecule has 1 atom stereocenters. The van der Waals surface area contributed by atoms with Gasteiger partial charge in [0, 0.05) is 5.69 Å². The van der Waals surface area contributed by atoms with Crippen molar-refractivity contribution in [2.24, 2.45) is 10.2 Å². The summed E-state index contributed by atoms with van der Waals surface area (Å²) in [6.07, 6.45) is 0. The molecule has 0 aliphatic carbocycles.